The molecule has 0 amide bonds. The van der Waals surface area contributed by atoms with Gasteiger partial charge in [0.05, 0.1) is 0 Å². The molecule has 160 valence electrons. The molecule has 0 saturated heterocycles. The van der Waals surface area contributed by atoms with Gasteiger partial charge >= 0.3 is 0 Å². The zero-order valence-electron chi connectivity index (χ0n) is 19.3. The second kappa shape index (κ2) is 7.94. The fraction of sp³-hybridized carbons (Fsp3) is 0.926. The molecule has 28 heavy (non-hydrogen) atoms. The lowest BCUT2D eigenvalue weighted by Crippen LogP contribution is -2.50. The van der Waals surface area contributed by atoms with Crippen LogP contribution in [0.5, 0.6) is 0 Å². The van der Waals surface area contributed by atoms with E-state index in [-0.39, 0.29) is 0 Å². The molecule has 0 nitrogen and oxygen atoms in total. The molecular weight excluding hydrogens is 360 g/mol. The molecule has 3 saturated carbocycles. The minimum Gasteiger partial charge on any atom is -0.123 e. The Balaban J connectivity index is 1.49. The van der Waals surface area contributed by atoms with E-state index >= 15 is 0 Å². The molecule has 3 fully saturated rings. The predicted molar refractivity (Wildman–Crippen MR) is 123 cm³/mol. The maximum atomic E-state index is 6.56. The Labute approximate surface area is 180 Å². The summed E-state index contributed by atoms with van der Waals surface area (Å²) >= 11 is 6.56. The monoisotopic (exact) mass is 404 g/mol. The summed E-state index contributed by atoms with van der Waals surface area (Å²) in [5, 5.41) is 0.396. The van der Waals surface area contributed by atoms with Crippen molar-refractivity contribution in [2.75, 3.05) is 0 Å². The fourth-order valence-corrected chi connectivity index (χ4v) is 8.92. The molecule has 4 rings (SSSR count). The average molecular weight is 405 g/mol. The smallest absolute Gasteiger partial charge is 0.0373 e. The molecule has 8 atom stereocenters. The predicted octanol–water partition coefficient (Wildman–Crippen LogP) is 8.64. The first-order valence-corrected chi connectivity index (χ1v) is 13.0. The van der Waals surface area contributed by atoms with Crippen LogP contribution in [0.3, 0.4) is 0 Å². The first-order chi connectivity index (χ1) is 13.3. The largest absolute Gasteiger partial charge is 0.123 e. The van der Waals surface area contributed by atoms with E-state index in [1.54, 1.807) is 5.57 Å². The van der Waals surface area contributed by atoms with Gasteiger partial charge in [-0.3, -0.25) is 0 Å². The van der Waals surface area contributed by atoms with Crippen molar-refractivity contribution in [3.63, 3.8) is 0 Å². The van der Waals surface area contributed by atoms with Gasteiger partial charge in [0.1, 0.15) is 0 Å². The quantitative estimate of drug-likeness (QED) is 0.317. The summed E-state index contributed by atoms with van der Waals surface area (Å²) in [6, 6.07) is 0. The van der Waals surface area contributed by atoms with E-state index in [0.717, 1.165) is 35.5 Å². The first-order valence-electron chi connectivity index (χ1n) is 12.6. The van der Waals surface area contributed by atoms with Gasteiger partial charge in [0, 0.05) is 5.38 Å². The van der Waals surface area contributed by atoms with Crippen molar-refractivity contribution in [3.8, 4) is 0 Å². The molecule has 0 aliphatic heterocycles. The number of halogens is 1. The Morgan fingerprint density at radius 2 is 1.79 bits per heavy atom. The Bertz CT molecular complexity index is 591. The highest BCUT2D eigenvalue weighted by molar-refractivity contribution is 6.20. The number of rotatable bonds is 5. The van der Waals surface area contributed by atoms with Crippen molar-refractivity contribution in [2.45, 2.75) is 111 Å². The van der Waals surface area contributed by atoms with Crippen molar-refractivity contribution in [1.29, 1.82) is 0 Å². The van der Waals surface area contributed by atoms with Crippen molar-refractivity contribution in [2.24, 2.45) is 46.3 Å². The molecule has 0 aromatic rings. The highest BCUT2D eigenvalue weighted by Crippen LogP contribution is 2.67. The van der Waals surface area contributed by atoms with E-state index in [1.165, 1.54) is 70.6 Å². The van der Waals surface area contributed by atoms with Crippen molar-refractivity contribution >= 4 is 11.6 Å². The standard InChI is InChI=1S/C27H45Cl/c1-18(2)7-6-8-19(3)23-11-12-24-22-10-9-20-17-21(28)13-15-26(20,4)25(22)14-16-27(23,24)5/h9,18-19,21-25H,6-8,10-17H2,1-5H3/t19-,21+,22+,23-,24+,25?,26+,27-/m1/s1. The van der Waals surface area contributed by atoms with Crippen LogP contribution in [0.1, 0.15) is 105 Å². The molecule has 0 radical (unpaired) electrons. The van der Waals surface area contributed by atoms with Gasteiger partial charge in [-0.05, 0) is 97.7 Å². The van der Waals surface area contributed by atoms with Crippen LogP contribution >= 0.6 is 11.6 Å². The topological polar surface area (TPSA) is 0 Å². The van der Waals surface area contributed by atoms with Gasteiger partial charge in [-0.15, -0.1) is 11.6 Å². The molecule has 0 heterocycles. The molecule has 1 heteroatoms. The Morgan fingerprint density at radius 3 is 2.54 bits per heavy atom. The summed E-state index contributed by atoms with van der Waals surface area (Å²) in [6.45, 7) is 12.7. The second-order valence-electron chi connectivity index (χ2n) is 12.1. The lowest BCUT2D eigenvalue weighted by atomic mass is 9.47. The number of hydrogen-bond donors (Lipinski definition) is 0. The van der Waals surface area contributed by atoms with Crippen molar-refractivity contribution < 1.29 is 0 Å². The third-order valence-corrected chi connectivity index (χ3v) is 10.6. The van der Waals surface area contributed by atoms with Crippen LogP contribution < -0.4 is 0 Å². The van der Waals surface area contributed by atoms with Crippen LogP contribution in [0.4, 0.5) is 0 Å². The summed E-state index contributed by atoms with van der Waals surface area (Å²) in [4.78, 5) is 0. The number of fused-ring (bicyclic) bond motifs is 5. The van der Waals surface area contributed by atoms with Crippen LogP contribution in [0.25, 0.3) is 0 Å². The third-order valence-electron chi connectivity index (χ3n) is 10.2. The average Bonchev–Trinajstić information content (AvgIpc) is 2.99. The minimum atomic E-state index is 0.396. The SMILES string of the molecule is CC(C)CCC[C@@H](C)[C@H]1CC[C@H]2[C@@H]3CC=C4C[C@@H](Cl)CC[C@]4(C)C3CC[C@]12C. The second-order valence-corrected chi connectivity index (χ2v) is 12.7. The summed E-state index contributed by atoms with van der Waals surface area (Å²) in [6.07, 6.45) is 18.0. The van der Waals surface area contributed by atoms with Crippen molar-refractivity contribution in [3.05, 3.63) is 11.6 Å². The lowest BCUT2D eigenvalue weighted by Gasteiger charge is -2.58. The Morgan fingerprint density at radius 1 is 1.00 bits per heavy atom. The molecule has 1 unspecified atom stereocenters. The normalized spacial score (nSPS) is 46.5. The first kappa shape index (κ1) is 21.3. The van der Waals surface area contributed by atoms with Gasteiger partial charge in [0.15, 0.2) is 0 Å². The lowest BCUT2D eigenvalue weighted by molar-refractivity contribution is -0.0498. The minimum absolute atomic E-state index is 0.396. The molecule has 0 bridgehead atoms. The van der Waals surface area contributed by atoms with Gasteiger partial charge in [-0.25, -0.2) is 0 Å². The fourth-order valence-electron chi connectivity index (χ4n) is 8.64. The maximum Gasteiger partial charge on any atom is 0.0373 e. The number of allylic oxidation sites excluding steroid dienone is 2. The molecule has 4 aliphatic carbocycles. The van der Waals surface area contributed by atoms with E-state index in [2.05, 4.69) is 40.7 Å². The van der Waals surface area contributed by atoms with E-state index in [0.29, 0.717) is 16.2 Å². The summed E-state index contributed by atoms with van der Waals surface area (Å²) in [7, 11) is 0. The molecule has 0 aromatic carbocycles. The van der Waals surface area contributed by atoms with Crippen LogP contribution in [0.2, 0.25) is 0 Å². The Kier molecular flexibility index (Phi) is 6.03. The van der Waals surface area contributed by atoms with Gasteiger partial charge in [0.25, 0.3) is 0 Å². The van der Waals surface area contributed by atoms with Gasteiger partial charge in [-0.1, -0.05) is 65.5 Å². The molecule has 4 aliphatic rings. The van der Waals surface area contributed by atoms with Gasteiger partial charge in [-0.2, -0.15) is 0 Å². The maximum absolute atomic E-state index is 6.56. The third kappa shape index (κ3) is 3.52. The van der Waals surface area contributed by atoms with E-state index < -0.39 is 0 Å². The number of alkyl halides is 1. The Hall–Kier alpha value is 0.0300. The van der Waals surface area contributed by atoms with Crippen molar-refractivity contribution in [1.82, 2.24) is 0 Å². The molecular formula is C27H45Cl. The van der Waals surface area contributed by atoms with Gasteiger partial charge < -0.3 is 0 Å². The number of hydrogen-bond acceptors (Lipinski definition) is 0. The van der Waals surface area contributed by atoms with Crippen LogP contribution in [0.15, 0.2) is 11.6 Å². The zero-order chi connectivity index (χ0) is 20.1. The molecule has 0 aromatic heterocycles. The van der Waals surface area contributed by atoms with Crippen LogP contribution in [-0.4, -0.2) is 5.38 Å². The summed E-state index contributed by atoms with van der Waals surface area (Å²) in [5.74, 6) is 5.62. The van der Waals surface area contributed by atoms with E-state index in [9.17, 15) is 0 Å². The van der Waals surface area contributed by atoms with Crippen LogP contribution in [-0.2, 0) is 0 Å². The van der Waals surface area contributed by atoms with E-state index in [4.69, 9.17) is 11.6 Å². The zero-order valence-corrected chi connectivity index (χ0v) is 20.0. The molecule has 0 N–H and O–H groups in total. The highest BCUT2D eigenvalue weighted by atomic mass is 35.5. The van der Waals surface area contributed by atoms with Gasteiger partial charge in [0.2, 0.25) is 0 Å². The molecule has 0 spiro atoms. The summed E-state index contributed by atoms with van der Waals surface area (Å²) in [5.41, 5.74) is 2.82. The van der Waals surface area contributed by atoms with E-state index in [1.807, 2.05) is 0 Å². The van der Waals surface area contributed by atoms with Crippen LogP contribution in [0, 0.1) is 46.3 Å². The highest BCUT2D eigenvalue weighted by Gasteiger charge is 2.58. The summed E-state index contributed by atoms with van der Waals surface area (Å²) < 4.78 is 0.